The van der Waals surface area contributed by atoms with Gasteiger partial charge in [-0.3, -0.25) is 4.79 Å². The molecule has 2 N–H and O–H groups in total. The van der Waals surface area contributed by atoms with Crippen LogP contribution >= 0.6 is 11.8 Å². The summed E-state index contributed by atoms with van der Waals surface area (Å²) in [5, 5.41) is 8.80. The molecular weight excluding hydrogens is 307 g/mol. The molecule has 0 aliphatic carbocycles. The van der Waals surface area contributed by atoms with Gasteiger partial charge in [-0.25, -0.2) is 4.39 Å². The third-order valence-electron chi connectivity index (χ3n) is 3.12. The van der Waals surface area contributed by atoms with E-state index in [1.54, 1.807) is 17.7 Å². The highest BCUT2D eigenvalue weighted by Crippen LogP contribution is 2.27. The highest BCUT2D eigenvalue weighted by Gasteiger charge is 2.12. The first-order valence-electron chi connectivity index (χ1n) is 6.63. The first-order chi connectivity index (χ1) is 10.5. The molecule has 0 unspecified atom stereocenters. The average molecular weight is 324 g/mol. The highest BCUT2D eigenvalue weighted by molar-refractivity contribution is 7.98. The molecule has 0 atom stereocenters. The summed E-state index contributed by atoms with van der Waals surface area (Å²) in [6, 6.07) is 4.40. The van der Waals surface area contributed by atoms with Gasteiger partial charge in [0.25, 0.3) is 0 Å². The summed E-state index contributed by atoms with van der Waals surface area (Å²) < 4.78 is 20.3. The van der Waals surface area contributed by atoms with Crippen molar-refractivity contribution in [1.29, 1.82) is 0 Å². The zero-order chi connectivity index (χ0) is 16.1. The van der Waals surface area contributed by atoms with Crippen molar-refractivity contribution < 1.29 is 13.9 Å². The Labute approximate surface area is 131 Å². The molecule has 0 spiro atoms. The molecule has 0 aliphatic rings. The Hall–Kier alpha value is -2.09. The van der Waals surface area contributed by atoms with E-state index < -0.39 is 0 Å². The maximum Gasteiger partial charge on any atom is 0.217 e. The van der Waals surface area contributed by atoms with E-state index in [9.17, 15) is 9.18 Å². The molecule has 2 rings (SSSR count). The topological polar surface area (TPSA) is 83.0 Å². The minimum absolute atomic E-state index is 0.231. The number of carbonyl (C=O) groups is 1. The van der Waals surface area contributed by atoms with Crippen molar-refractivity contribution in [2.75, 3.05) is 7.11 Å². The fraction of sp³-hybridized carbons (Fsp3) is 0.357. The van der Waals surface area contributed by atoms with Gasteiger partial charge in [-0.05, 0) is 18.2 Å². The number of rotatable bonds is 7. The van der Waals surface area contributed by atoms with Crippen molar-refractivity contribution in [2.24, 2.45) is 12.8 Å². The lowest BCUT2D eigenvalue weighted by Crippen LogP contribution is -2.12. The summed E-state index contributed by atoms with van der Waals surface area (Å²) in [5.41, 5.74) is 5.87. The number of ether oxygens (including phenoxy) is 1. The van der Waals surface area contributed by atoms with Gasteiger partial charge in [-0.15, -0.1) is 10.2 Å². The van der Waals surface area contributed by atoms with Crippen LogP contribution in [0.3, 0.4) is 0 Å². The number of primary amides is 1. The Morgan fingerprint density at radius 2 is 2.23 bits per heavy atom. The van der Waals surface area contributed by atoms with E-state index in [4.69, 9.17) is 10.5 Å². The largest absolute Gasteiger partial charge is 0.496 e. The lowest BCUT2D eigenvalue weighted by atomic mass is 10.2. The Balaban J connectivity index is 2.06. The van der Waals surface area contributed by atoms with E-state index in [2.05, 4.69) is 10.2 Å². The number of aryl methyl sites for hydroxylation is 1. The highest BCUT2D eigenvalue weighted by atomic mass is 32.2. The number of nitrogens with two attached hydrogens (primary N) is 1. The number of aromatic nitrogens is 3. The molecule has 0 saturated carbocycles. The Morgan fingerprint density at radius 3 is 2.91 bits per heavy atom. The van der Waals surface area contributed by atoms with Gasteiger partial charge >= 0.3 is 0 Å². The van der Waals surface area contributed by atoms with Crippen molar-refractivity contribution in [1.82, 2.24) is 14.8 Å². The van der Waals surface area contributed by atoms with E-state index in [1.165, 1.54) is 23.9 Å². The van der Waals surface area contributed by atoms with Crippen molar-refractivity contribution in [3.8, 4) is 5.75 Å². The number of hydrogen-bond acceptors (Lipinski definition) is 5. The van der Waals surface area contributed by atoms with Gasteiger partial charge in [-0.2, -0.15) is 0 Å². The van der Waals surface area contributed by atoms with Gasteiger partial charge in [0.1, 0.15) is 17.4 Å². The number of carbonyl (C=O) groups excluding carboxylic acids is 1. The second kappa shape index (κ2) is 7.26. The molecule has 0 radical (unpaired) electrons. The fourth-order valence-electron chi connectivity index (χ4n) is 1.93. The average Bonchev–Trinajstić information content (AvgIpc) is 2.83. The fourth-order valence-corrected chi connectivity index (χ4v) is 2.83. The second-order valence-electron chi connectivity index (χ2n) is 4.67. The predicted octanol–water partition coefficient (Wildman–Crippen LogP) is 1.67. The molecule has 0 aliphatic heterocycles. The third kappa shape index (κ3) is 3.97. The molecule has 6 nitrogen and oxygen atoms in total. The summed E-state index contributed by atoms with van der Waals surface area (Å²) in [5.74, 6) is 1.14. The Kier molecular flexibility index (Phi) is 5.37. The molecule has 0 bridgehead atoms. The molecule has 1 aromatic carbocycles. The van der Waals surface area contributed by atoms with Crippen LogP contribution in [0.25, 0.3) is 0 Å². The standard InChI is InChI=1S/C14H17FN4O2S/c1-19-13(6-5-12(16)20)17-18-14(19)22-8-9-7-10(15)3-4-11(9)21-2/h3-4,7H,5-6,8H2,1-2H3,(H2,16,20). The van der Waals surface area contributed by atoms with E-state index in [0.717, 1.165) is 5.56 Å². The van der Waals surface area contributed by atoms with Crippen LogP contribution in [0.2, 0.25) is 0 Å². The van der Waals surface area contributed by atoms with Gasteiger partial charge in [-0.1, -0.05) is 11.8 Å². The lowest BCUT2D eigenvalue weighted by molar-refractivity contribution is -0.118. The number of thioether (sulfide) groups is 1. The normalized spacial score (nSPS) is 10.7. The van der Waals surface area contributed by atoms with Crippen LogP contribution in [0.15, 0.2) is 23.4 Å². The Morgan fingerprint density at radius 1 is 1.45 bits per heavy atom. The zero-order valence-electron chi connectivity index (χ0n) is 12.4. The predicted molar refractivity (Wildman–Crippen MR) is 81.0 cm³/mol. The van der Waals surface area contributed by atoms with Gasteiger partial charge in [0.2, 0.25) is 5.91 Å². The third-order valence-corrected chi connectivity index (χ3v) is 4.19. The van der Waals surface area contributed by atoms with Gasteiger partial charge in [0, 0.05) is 31.2 Å². The number of nitrogens with zero attached hydrogens (tertiary/aromatic N) is 3. The van der Waals surface area contributed by atoms with Gasteiger partial charge in [0.15, 0.2) is 5.16 Å². The molecule has 1 aromatic heterocycles. The molecule has 22 heavy (non-hydrogen) atoms. The summed E-state index contributed by atoms with van der Waals surface area (Å²) >= 11 is 1.42. The van der Waals surface area contributed by atoms with Crippen molar-refractivity contribution in [2.45, 2.75) is 23.8 Å². The van der Waals surface area contributed by atoms with E-state index in [-0.39, 0.29) is 18.1 Å². The van der Waals surface area contributed by atoms with Crippen molar-refractivity contribution in [3.05, 3.63) is 35.4 Å². The van der Waals surface area contributed by atoms with Crippen molar-refractivity contribution >= 4 is 17.7 Å². The molecule has 118 valence electrons. The van der Waals surface area contributed by atoms with Crippen LogP contribution in [0, 0.1) is 5.82 Å². The molecular formula is C14H17FN4O2S. The SMILES string of the molecule is COc1ccc(F)cc1CSc1nnc(CCC(N)=O)n1C. The molecule has 1 amide bonds. The number of halogens is 1. The van der Waals surface area contributed by atoms with Crippen LogP contribution in [-0.4, -0.2) is 27.8 Å². The number of methoxy groups -OCH3 is 1. The van der Waals surface area contributed by atoms with Crippen LogP contribution in [0.1, 0.15) is 17.8 Å². The quantitative estimate of drug-likeness (QED) is 0.783. The van der Waals surface area contributed by atoms with E-state index >= 15 is 0 Å². The monoisotopic (exact) mass is 324 g/mol. The van der Waals surface area contributed by atoms with Crippen molar-refractivity contribution in [3.63, 3.8) is 0 Å². The second-order valence-corrected chi connectivity index (χ2v) is 5.61. The molecule has 8 heteroatoms. The molecule has 2 aromatic rings. The van der Waals surface area contributed by atoms with Gasteiger partial charge in [0.05, 0.1) is 7.11 Å². The zero-order valence-corrected chi connectivity index (χ0v) is 13.2. The lowest BCUT2D eigenvalue weighted by Gasteiger charge is -2.08. The van der Waals surface area contributed by atoms with E-state index in [1.807, 2.05) is 7.05 Å². The van der Waals surface area contributed by atoms with Gasteiger partial charge < -0.3 is 15.0 Å². The number of hydrogen-bond donors (Lipinski definition) is 1. The maximum absolute atomic E-state index is 13.3. The first kappa shape index (κ1) is 16.3. The van der Waals surface area contributed by atoms with Crippen LogP contribution in [0.5, 0.6) is 5.75 Å². The van der Waals surface area contributed by atoms with Crippen LogP contribution in [0.4, 0.5) is 4.39 Å². The molecule has 0 fully saturated rings. The summed E-state index contributed by atoms with van der Waals surface area (Å²) in [7, 11) is 3.37. The number of benzene rings is 1. The minimum atomic E-state index is -0.373. The number of amides is 1. The summed E-state index contributed by atoms with van der Waals surface area (Å²) in [6.07, 6.45) is 0.678. The van der Waals surface area contributed by atoms with Crippen LogP contribution in [-0.2, 0) is 24.0 Å². The molecule has 1 heterocycles. The maximum atomic E-state index is 13.3. The smallest absolute Gasteiger partial charge is 0.217 e. The van der Waals surface area contributed by atoms with E-state index in [0.29, 0.717) is 28.9 Å². The summed E-state index contributed by atoms with van der Waals surface area (Å²) in [6.45, 7) is 0. The summed E-state index contributed by atoms with van der Waals surface area (Å²) in [4.78, 5) is 10.8. The van der Waals surface area contributed by atoms with Crippen LogP contribution < -0.4 is 10.5 Å². The molecule has 0 saturated heterocycles. The first-order valence-corrected chi connectivity index (χ1v) is 7.61. The minimum Gasteiger partial charge on any atom is -0.496 e. The Bertz CT molecular complexity index is 675.